The van der Waals surface area contributed by atoms with Gasteiger partial charge in [-0.3, -0.25) is 0 Å². The highest BCUT2D eigenvalue weighted by Crippen LogP contribution is 2.43. The van der Waals surface area contributed by atoms with E-state index in [2.05, 4.69) is 38.8 Å². The van der Waals surface area contributed by atoms with Gasteiger partial charge in [-0.2, -0.15) is 0 Å². The van der Waals surface area contributed by atoms with E-state index in [1.165, 1.54) is 0 Å². The van der Waals surface area contributed by atoms with Crippen molar-refractivity contribution in [3.63, 3.8) is 0 Å². The molecule has 4 heteroatoms. The molecule has 0 bridgehead atoms. The van der Waals surface area contributed by atoms with Gasteiger partial charge in [-0.15, -0.1) is 11.6 Å². The quantitative estimate of drug-likeness (QED) is 0.548. The summed E-state index contributed by atoms with van der Waals surface area (Å²) in [5.41, 5.74) is -0.0995. The molecule has 14 heavy (non-hydrogen) atoms. The fourth-order valence-corrected chi connectivity index (χ4v) is 2.25. The number of ether oxygens (including phenoxy) is 1. The minimum atomic E-state index is -0.231. The molecule has 1 nitrogen and oxygen atoms in total. The van der Waals surface area contributed by atoms with Gasteiger partial charge in [0, 0.05) is 4.83 Å². The zero-order valence-corrected chi connectivity index (χ0v) is 12.5. The van der Waals surface area contributed by atoms with E-state index in [1.54, 1.807) is 0 Å². The molecule has 1 rings (SSSR count). The highest BCUT2D eigenvalue weighted by molar-refractivity contribution is 9.11. The van der Waals surface area contributed by atoms with Crippen molar-refractivity contribution in [2.45, 2.75) is 48.6 Å². The fraction of sp³-hybridized carbons (Fsp3) is 0.800. The van der Waals surface area contributed by atoms with Crippen molar-refractivity contribution in [2.24, 2.45) is 0 Å². The molecule has 0 aliphatic carbocycles. The molecule has 1 fully saturated rings. The van der Waals surface area contributed by atoms with Crippen molar-refractivity contribution in [1.82, 2.24) is 0 Å². The molecule has 0 N–H and O–H groups in total. The van der Waals surface area contributed by atoms with Crippen molar-refractivity contribution in [3.8, 4) is 0 Å². The molecule has 0 amide bonds. The van der Waals surface area contributed by atoms with Crippen LogP contribution in [0.5, 0.6) is 0 Å². The standard InChI is InChI=1S/C10H15Br2ClO/c1-9(2,13)7(12)6-8-10(3,14-8)4-5-11/h4-5,7-8H,6H2,1-3H3/b5-4+/t7-,8?,10-/m1/s1. The summed E-state index contributed by atoms with van der Waals surface area (Å²) in [4.78, 5) is 1.89. The third kappa shape index (κ3) is 3.22. The smallest absolute Gasteiger partial charge is 0.111 e. The zero-order valence-electron chi connectivity index (χ0n) is 8.56. The van der Waals surface area contributed by atoms with Gasteiger partial charge >= 0.3 is 0 Å². The van der Waals surface area contributed by atoms with Crippen LogP contribution in [0.3, 0.4) is 0 Å². The van der Waals surface area contributed by atoms with Gasteiger partial charge < -0.3 is 4.74 Å². The van der Waals surface area contributed by atoms with E-state index in [9.17, 15) is 0 Å². The minimum Gasteiger partial charge on any atom is -0.362 e. The van der Waals surface area contributed by atoms with Crippen LogP contribution in [0.25, 0.3) is 0 Å². The fourth-order valence-electron chi connectivity index (χ4n) is 1.29. The van der Waals surface area contributed by atoms with Gasteiger partial charge in [0.1, 0.15) is 5.60 Å². The third-order valence-corrected chi connectivity index (χ3v) is 4.85. The minimum absolute atomic E-state index is 0.0995. The van der Waals surface area contributed by atoms with E-state index in [0.717, 1.165) is 6.42 Å². The lowest BCUT2D eigenvalue weighted by atomic mass is 9.99. The lowest BCUT2D eigenvalue weighted by molar-refractivity contribution is 0.334. The van der Waals surface area contributed by atoms with Crippen molar-refractivity contribution in [3.05, 3.63) is 11.1 Å². The van der Waals surface area contributed by atoms with Gasteiger partial charge in [0.25, 0.3) is 0 Å². The van der Waals surface area contributed by atoms with E-state index in [-0.39, 0.29) is 21.4 Å². The van der Waals surface area contributed by atoms with Gasteiger partial charge in [0.05, 0.1) is 11.0 Å². The second-order valence-electron chi connectivity index (χ2n) is 4.35. The van der Waals surface area contributed by atoms with Gasteiger partial charge in [-0.25, -0.2) is 0 Å². The second kappa shape index (κ2) is 4.44. The first kappa shape index (κ1) is 13.0. The highest BCUT2D eigenvalue weighted by Gasteiger charge is 2.51. The average Bonchev–Trinajstić information content (AvgIpc) is 2.60. The predicted octanol–water partition coefficient (Wildman–Crippen LogP) is 4.22. The zero-order chi connectivity index (χ0) is 11.0. The number of epoxide rings is 1. The largest absolute Gasteiger partial charge is 0.362 e. The van der Waals surface area contributed by atoms with Crippen LogP contribution >= 0.6 is 43.5 Å². The first-order chi connectivity index (χ1) is 6.29. The normalized spacial score (nSPS) is 34.9. The van der Waals surface area contributed by atoms with E-state index >= 15 is 0 Å². The average molecular weight is 346 g/mol. The maximum atomic E-state index is 6.20. The molecule has 0 aromatic heterocycles. The van der Waals surface area contributed by atoms with E-state index in [1.807, 2.05) is 24.9 Å². The summed E-state index contributed by atoms with van der Waals surface area (Å²) in [7, 11) is 0. The molecule has 1 aliphatic heterocycles. The Morgan fingerprint density at radius 2 is 2.21 bits per heavy atom. The molecular formula is C10H15Br2ClO. The number of rotatable bonds is 4. The SMILES string of the molecule is CC(C)(Cl)[C@H](Br)CC1O[C@]1(C)/C=C/Br. The third-order valence-electron chi connectivity index (χ3n) is 2.54. The van der Waals surface area contributed by atoms with Gasteiger partial charge in [0.2, 0.25) is 0 Å². The summed E-state index contributed by atoms with van der Waals surface area (Å²) < 4.78 is 5.61. The molecule has 0 saturated carbocycles. The molecule has 1 aliphatic rings. The van der Waals surface area contributed by atoms with Crippen molar-refractivity contribution < 1.29 is 4.74 Å². The molecule has 1 saturated heterocycles. The summed E-state index contributed by atoms with van der Waals surface area (Å²) in [5, 5.41) is 0. The van der Waals surface area contributed by atoms with Crippen LogP contribution in [0.1, 0.15) is 27.2 Å². The first-order valence-corrected chi connectivity index (χ1v) is 6.79. The Labute approximate surface area is 107 Å². The summed E-state index contributed by atoms with van der Waals surface area (Å²) in [6.45, 7) is 6.10. The number of alkyl halides is 2. The van der Waals surface area contributed by atoms with Crippen LogP contribution in [-0.4, -0.2) is 21.4 Å². The first-order valence-electron chi connectivity index (χ1n) is 4.58. The van der Waals surface area contributed by atoms with Crippen LogP contribution in [0.2, 0.25) is 0 Å². The van der Waals surface area contributed by atoms with Crippen LogP contribution in [0.4, 0.5) is 0 Å². The number of hydrogen-bond donors (Lipinski definition) is 0. The van der Waals surface area contributed by atoms with Gasteiger partial charge in [0.15, 0.2) is 0 Å². The Morgan fingerprint density at radius 3 is 2.64 bits per heavy atom. The molecule has 0 radical (unpaired) electrons. The molecule has 0 spiro atoms. The summed E-state index contributed by atoms with van der Waals surface area (Å²) in [6, 6.07) is 0. The van der Waals surface area contributed by atoms with E-state index < -0.39 is 0 Å². The molecule has 82 valence electrons. The molecule has 1 heterocycles. The Morgan fingerprint density at radius 1 is 1.64 bits per heavy atom. The van der Waals surface area contributed by atoms with Crippen LogP contribution in [0.15, 0.2) is 11.1 Å². The van der Waals surface area contributed by atoms with Gasteiger partial charge in [-0.1, -0.05) is 31.9 Å². The molecule has 3 atom stereocenters. The molecule has 0 aromatic carbocycles. The van der Waals surface area contributed by atoms with Crippen LogP contribution in [0, 0.1) is 0 Å². The topological polar surface area (TPSA) is 12.5 Å². The molecule has 0 aromatic rings. The Hall–Kier alpha value is 0.950. The lowest BCUT2D eigenvalue weighted by Crippen LogP contribution is -2.27. The second-order valence-corrected chi connectivity index (χ2v) is 6.96. The number of halogens is 3. The van der Waals surface area contributed by atoms with E-state index in [0.29, 0.717) is 0 Å². The van der Waals surface area contributed by atoms with Crippen molar-refractivity contribution in [2.75, 3.05) is 0 Å². The maximum absolute atomic E-state index is 6.20. The molecular weight excluding hydrogens is 331 g/mol. The van der Waals surface area contributed by atoms with Crippen LogP contribution < -0.4 is 0 Å². The Balaban J connectivity index is 2.43. The lowest BCUT2D eigenvalue weighted by Gasteiger charge is -2.22. The van der Waals surface area contributed by atoms with Crippen LogP contribution in [-0.2, 0) is 4.74 Å². The number of hydrogen-bond acceptors (Lipinski definition) is 1. The Kier molecular flexibility index (Phi) is 4.13. The predicted molar refractivity (Wildman–Crippen MR) is 68.6 cm³/mol. The maximum Gasteiger partial charge on any atom is 0.111 e. The summed E-state index contributed by atoms with van der Waals surface area (Å²) in [6.07, 6.45) is 3.24. The molecule has 1 unspecified atom stereocenters. The summed E-state index contributed by atoms with van der Waals surface area (Å²) in [5.74, 6) is 0. The Bertz CT molecular complexity index is 237. The summed E-state index contributed by atoms with van der Waals surface area (Å²) >= 11 is 13.0. The van der Waals surface area contributed by atoms with Crippen molar-refractivity contribution in [1.29, 1.82) is 0 Å². The highest BCUT2D eigenvalue weighted by atomic mass is 79.9. The van der Waals surface area contributed by atoms with Crippen molar-refractivity contribution >= 4 is 43.5 Å². The van der Waals surface area contributed by atoms with Gasteiger partial charge in [-0.05, 0) is 38.3 Å². The monoisotopic (exact) mass is 344 g/mol. The van der Waals surface area contributed by atoms with E-state index in [4.69, 9.17) is 16.3 Å².